The van der Waals surface area contributed by atoms with Gasteiger partial charge in [-0.25, -0.2) is 0 Å². The Balaban J connectivity index is 2.31. The Labute approximate surface area is 95.7 Å². The molecule has 1 aromatic rings. The lowest BCUT2D eigenvalue weighted by molar-refractivity contribution is 0.316. The smallest absolute Gasteiger partial charge is 0.123 e. The van der Waals surface area contributed by atoms with Crippen LogP contribution in [-0.2, 0) is 0 Å². The summed E-state index contributed by atoms with van der Waals surface area (Å²) >= 11 is 1.92. The highest BCUT2D eigenvalue weighted by molar-refractivity contribution is 7.99. The molecule has 0 saturated carbocycles. The van der Waals surface area contributed by atoms with Gasteiger partial charge in [0.25, 0.3) is 0 Å². The van der Waals surface area contributed by atoms with Gasteiger partial charge in [0.15, 0.2) is 0 Å². The largest absolute Gasteiger partial charge is 0.508 e. The van der Waals surface area contributed by atoms with Crippen molar-refractivity contribution in [2.24, 2.45) is 0 Å². The zero-order chi connectivity index (χ0) is 11.1. The Bertz CT molecular complexity index is 279. The van der Waals surface area contributed by atoms with Crippen LogP contribution in [0.2, 0.25) is 0 Å². The number of benzene rings is 1. The van der Waals surface area contributed by atoms with Crippen molar-refractivity contribution < 1.29 is 9.84 Å². The van der Waals surface area contributed by atoms with Gasteiger partial charge in [0.2, 0.25) is 0 Å². The lowest BCUT2D eigenvalue weighted by atomic mass is 10.2. The van der Waals surface area contributed by atoms with E-state index in [0.29, 0.717) is 0 Å². The number of phenolic OH excluding ortho intramolecular Hbond substituents is 1. The van der Waals surface area contributed by atoms with Crippen molar-refractivity contribution in [1.82, 2.24) is 0 Å². The molecule has 84 valence electrons. The molecule has 15 heavy (non-hydrogen) atoms. The number of hydrogen-bond acceptors (Lipinski definition) is 3. The molecule has 0 fully saturated rings. The Morgan fingerprint density at radius 3 is 2.80 bits per heavy atom. The predicted molar refractivity (Wildman–Crippen MR) is 66.0 cm³/mol. The second-order valence-electron chi connectivity index (χ2n) is 3.40. The molecule has 0 heterocycles. The van der Waals surface area contributed by atoms with E-state index in [-0.39, 0.29) is 5.75 Å². The molecule has 0 amide bonds. The van der Waals surface area contributed by atoms with Crippen LogP contribution < -0.4 is 4.74 Å². The number of aromatic hydroxyl groups is 1. The van der Waals surface area contributed by atoms with Crippen LogP contribution in [0.1, 0.15) is 18.9 Å². The van der Waals surface area contributed by atoms with Gasteiger partial charge in [-0.05, 0) is 42.5 Å². The third-order valence-electron chi connectivity index (χ3n) is 1.94. The van der Waals surface area contributed by atoms with Crippen LogP contribution in [0, 0.1) is 6.92 Å². The highest BCUT2D eigenvalue weighted by atomic mass is 32.2. The molecule has 0 aliphatic rings. The van der Waals surface area contributed by atoms with Gasteiger partial charge in [-0.3, -0.25) is 0 Å². The van der Waals surface area contributed by atoms with Crippen molar-refractivity contribution >= 4 is 11.8 Å². The molecule has 0 spiro atoms. The summed E-state index contributed by atoms with van der Waals surface area (Å²) in [4.78, 5) is 0. The average Bonchev–Trinajstić information content (AvgIpc) is 2.16. The van der Waals surface area contributed by atoms with Crippen molar-refractivity contribution in [2.75, 3.05) is 18.1 Å². The summed E-state index contributed by atoms with van der Waals surface area (Å²) in [5, 5.41) is 9.35. The Morgan fingerprint density at radius 2 is 2.13 bits per heavy atom. The Morgan fingerprint density at radius 1 is 1.33 bits per heavy atom. The molecule has 0 aliphatic carbocycles. The zero-order valence-corrected chi connectivity index (χ0v) is 10.1. The second-order valence-corrected chi connectivity index (χ2v) is 4.80. The van der Waals surface area contributed by atoms with Crippen molar-refractivity contribution in [3.8, 4) is 11.5 Å². The summed E-state index contributed by atoms with van der Waals surface area (Å²) in [6.07, 6.45) is 1.05. The molecule has 1 aromatic carbocycles. The summed E-state index contributed by atoms with van der Waals surface area (Å²) in [6, 6.07) is 5.31. The van der Waals surface area contributed by atoms with Gasteiger partial charge < -0.3 is 9.84 Å². The van der Waals surface area contributed by atoms with Crippen LogP contribution in [0.4, 0.5) is 0 Å². The molecule has 0 aromatic heterocycles. The lowest BCUT2D eigenvalue weighted by Crippen LogP contribution is -1.99. The predicted octanol–water partition coefficient (Wildman–Crippen LogP) is 3.22. The van der Waals surface area contributed by atoms with Gasteiger partial charge in [-0.15, -0.1) is 0 Å². The van der Waals surface area contributed by atoms with Crippen LogP contribution in [0.25, 0.3) is 0 Å². The maximum atomic E-state index is 9.35. The first-order chi connectivity index (χ1) is 7.22. The molecule has 0 atom stereocenters. The fraction of sp³-hybridized carbons (Fsp3) is 0.500. The van der Waals surface area contributed by atoms with Crippen molar-refractivity contribution in [3.63, 3.8) is 0 Å². The van der Waals surface area contributed by atoms with Crippen molar-refractivity contribution in [1.29, 1.82) is 0 Å². The maximum Gasteiger partial charge on any atom is 0.123 e. The van der Waals surface area contributed by atoms with E-state index in [0.717, 1.165) is 35.8 Å². The zero-order valence-electron chi connectivity index (χ0n) is 9.32. The van der Waals surface area contributed by atoms with Gasteiger partial charge >= 0.3 is 0 Å². The van der Waals surface area contributed by atoms with Crippen molar-refractivity contribution in [3.05, 3.63) is 23.8 Å². The molecule has 1 N–H and O–H groups in total. The molecular formula is C12H18O2S. The molecule has 1 rings (SSSR count). The van der Waals surface area contributed by atoms with E-state index in [1.165, 1.54) is 0 Å². The number of aryl methyl sites for hydroxylation is 1. The fourth-order valence-corrected chi connectivity index (χ4v) is 1.92. The fourth-order valence-electron chi connectivity index (χ4n) is 1.31. The van der Waals surface area contributed by atoms with E-state index in [1.54, 1.807) is 12.1 Å². The molecule has 0 bridgehead atoms. The van der Waals surface area contributed by atoms with E-state index in [1.807, 2.05) is 24.8 Å². The highest BCUT2D eigenvalue weighted by Crippen LogP contribution is 2.21. The molecule has 0 unspecified atom stereocenters. The highest BCUT2D eigenvalue weighted by Gasteiger charge is 1.98. The number of ether oxygens (including phenoxy) is 1. The molecule has 0 radical (unpaired) electrons. The first kappa shape index (κ1) is 12.2. The van der Waals surface area contributed by atoms with E-state index in [2.05, 4.69) is 6.92 Å². The van der Waals surface area contributed by atoms with Gasteiger partial charge in [-0.1, -0.05) is 6.92 Å². The monoisotopic (exact) mass is 226 g/mol. The molecule has 0 aliphatic heterocycles. The van der Waals surface area contributed by atoms with Crippen LogP contribution in [0.15, 0.2) is 18.2 Å². The van der Waals surface area contributed by atoms with E-state index >= 15 is 0 Å². The molecule has 2 nitrogen and oxygen atoms in total. The quantitative estimate of drug-likeness (QED) is 0.755. The van der Waals surface area contributed by atoms with Crippen LogP contribution >= 0.6 is 11.8 Å². The van der Waals surface area contributed by atoms with Crippen molar-refractivity contribution in [2.45, 2.75) is 20.3 Å². The van der Waals surface area contributed by atoms with Gasteiger partial charge in [0.05, 0.1) is 6.61 Å². The summed E-state index contributed by atoms with van der Waals surface area (Å²) in [5.41, 5.74) is 1.02. The summed E-state index contributed by atoms with van der Waals surface area (Å²) in [6.45, 7) is 4.82. The van der Waals surface area contributed by atoms with Crippen LogP contribution in [0.3, 0.4) is 0 Å². The first-order valence-electron chi connectivity index (χ1n) is 5.23. The minimum absolute atomic E-state index is 0.271. The number of thioether (sulfide) groups is 1. The normalized spacial score (nSPS) is 10.3. The average molecular weight is 226 g/mol. The minimum atomic E-state index is 0.271. The molecule has 0 saturated heterocycles. The van der Waals surface area contributed by atoms with Crippen LogP contribution in [-0.4, -0.2) is 23.2 Å². The molecule has 3 heteroatoms. The van der Waals surface area contributed by atoms with Gasteiger partial charge in [0, 0.05) is 6.07 Å². The minimum Gasteiger partial charge on any atom is -0.508 e. The summed E-state index contributed by atoms with van der Waals surface area (Å²) in [7, 11) is 0. The standard InChI is InChI=1S/C12H18O2S/c1-3-15-6-4-5-14-12-8-10(2)7-11(13)9-12/h7-9,13H,3-6H2,1-2H3. The first-order valence-corrected chi connectivity index (χ1v) is 6.39. The van der Waals surface area contributed by atoms with E-state index in [4.69, 9.17) is 4.74 Å². The van der Waals surface area contributed by atoms with E-state index < -0.39 is 0 Å². The second kappa shape index (κ2) is 6.62. The maximum absolute atomic E-state index is 9.35. The number of phenols is 1. The summed E-state index contributed by atoms with van der Waals surface area (Å²) in [5.74, 6) is 3.32. The summed E-state index contributed by atoms with van der Waals surface area (Å²) < 4.78 is 5.54. The third kappa shape index (κ3) is 4.98. The number of hydrogen-bond donors (Lipinski definition) is 1. The SMILES string of the molecule is CCSCCCOc1cc(C)cc(O)c1. The molecular weight excluding hydrogens is 208 g/mol. The third-order valence-corrected chi connectivity index (χ3v) is 2.93. The lowest BCUT2D eigenvalue weighted by Gasteiger charge is -2.07. The van der Waals surface area contributed by atoms with Gasteiger partial charge in [0.1, 0.15) is 11.5 Å². The van der Waals surface area contributed by atoms with Gasteiger partial charge in [-0.2, -0.15) is 11.8 Å². The van der Waals surface area contributed by atoms with Crippen LogP contribution in [0.5, 0.6) is 11.5 Å². The number of rotatable bonds is 6. The Hall–Kier alpha value is -0.830. The van der Waals surface area contributed by atoms with E-state index in [9.17, 15) is 5.11 Å². The Kier molecular flexibility index (Phi) is 5.40. The topological polar surface area (TPSA) is 29.5 Å².